The highest BCUT2D eigenvalue weighted by Gasteiger charge is 2.46. The zero-order valence-corrected chi connectivity index (χ0v) is 19.6. The second-order valence-electron chi connectivity index (χ2n) is 8.12. The van der Waals surface area contributed by atoms with Gasteiger partial charge < -0.3 is 14.8 Å². The number of fused-ring (bicyclic) bond motifs is 1. The van der Waals surface area contributed by atoms with E-state index in [1.54, 1.807) is 0 Å². The maximum Gasteiger partial charge on any atom is 0.422 e. The number of amides is 1. The quantitative estimate of drug-likeness (QED) is 0.476. The highest BCUT2D eigenvalue weighted by atomic mass is 35.5. The van der Waals surface area contributed by atoms with Gasteiger partial charge in [0.1, 0.15) is 0 Å². The van der Waals surface area contributed by atoms with E-state index in [1.165, 1.54) is 13.8 Å². The first kappa shape index (κ1) is 24.9. The SMILES string of the molecule is Cc1c(Oc2ncc(Cl)cc2OCC(F)(F)F)cc(F)c2nc(C(=O)NC3(C)CS(=O)(=O)C3)nn12. The summed E-state index contributed by atoms with van der Waals surface area (Å²) < 4.78 is 86.5. The summed E-state index contributed by atoms with van der Waals surface area (Å²) in [5.74, 6) is -3.75. The minimum absolute atomic E-state index is 0.0206. The third-order valence-electron chi connectivity index (χ3n) is 4.83. The summed E-state index contributed by atoms with van der Waals surface area (Å²) in [5, 5.41) is 6.46. The second kappa shape index (κ2) is 8.48. The Bertz CT molecular complexity index is 1430. The number of pyridine rings is 2. The number of nitrogens with zero attached hydrogens (tertiary/aromatic N) is 4. The van der Waals surface area contributed by atoms with Crippen LogP contribution in [0.5, 0.6) is 17.4 Å². The number of alkyl halides is 3. The summed E-state index contributed by atoms with van der Waals surface area (Å²) in [6.45, 7) is 1.33. The van der Waals surface area contributed by atoms with E-state index in [4.69, 9.17) is 21.1 Å². The molecule has 1 fully saturated rings. The molecule has 0 unspecified atom stereocenters. The summed E-state index contributed by atoms with van der Waals surface area (Å²) in [6.07, 6.45) is -3.54. The van der Waals surface area contributed by atoms with Crippen molar-refractivity contribution in [2.45, 2.75) is 25.6 Å². The Balaban J connectivity index is 1.62. The van der Waals surface area contributed by atoms with E-state index in [2.05, 4.69) is 20.4 Å². The molecule has 1 saturated heterocycles. The number of carbonyl (C=O) groups excluding carboxylic acids is 1. The monoisotopic (exact) mass is 537 g/mol. The number of nitrogens with one attached hydrogen (secondary N) is 1. The molecule has 0 saturated carbocycles. The zero-order valence-electron chi connectivity index (χ0n) is 18.0. The molecule has 3 aromatic rings. The molecule has 188 valence electrons. The molecule has 1 aliphatic rings. The van der Waals surface area contributed by atoms with Crippen molar-refractivity contribution in [2.75, 3.05) is 18.1 Å². The van der Waals surface area contributed by atoms with Gasteiger partial charge in [0.05, 0.1) is 27.8 Å². The first-order valence-corrected chi connectivity index (χ1v) is 12.0. The van der Waals surface area contributed by atoms with E-state index in [1.807, 2.05) is 0 Å². The summed E-state index contributed by atoms with van der Waals surface area (Å²) in [4.78, 5) is 20.2. The second-order valence-corrected chi connectivity index (χ2v) is 10.6. The van der Waals surface area contributed by atoms with E-state index in [0.717, 1.165) is 22.8 Å². The first-order valence-electron chi connectivity index (χ1n) is 9.76. The summed E-state index contributed by atoms with van der Waals surface area (Å²) >= 11 is 5.78. The normalized spacial score (nSPS) is 16.5. The van der Waals surface area contributed by atoms with Crippen molar-refractivity contribution in [3.63, 3.8) is 0 Å². The van der Waals surface area contributed by atoms with Gasteiger partial charge in [-0.15, -0.1) is 5.10 Å². The smallest absolute Gasteiger partial charge is 0.422 e. The van der Waals surface area contributed by atoms with E-state index < -0.39 is 57.3 Å². The molecule has 0 aromatic carbocycles. The fourth-order valence-corrected chi connectivity index (χ4v) is 5.62. The van der Waals surface area contributed by atoms with Crippen molar-refractivity contribution in [1.82, 2.24) is 24.9 Å². The van der Waals surface area contributed by atoms with Crippen LogP contribution in [0.2, 0.25) is 5.02 Å². The van der Waals surface area contributed by atoms with Gasteiger partial charge in [-0.05, 0) is 13.8 Å². The van der Waals surface area contributed by atoms with Gasteiger partial charge in [-0.2, -0.15) is 18.2 Å². The predicted molar refractivity (Wildman–Crippen MR) is 113 cm³/mol. The molecule has 4 heterocycles. The summed E-state index contributed by atoms with van der Waals surface area (Å²) in [7, 11) is -3.23. The number of carbonyl (C=O) groups is 1. The Kier molecular flexibility index (Phi) is 6.03. The number of ether oxygens (including phenoxy) is 2. The Hall–Kier alpha value is -3.20. The third-order valence-corrected chi connectivity index (χ3v) is 7.19. The molecule has 0 bridgehead atoms. The van der Waals surface area contributed by atoms with Crippen LogP contribution in [0.25, 0.3) is 5.65 Å². The number of rotatable bonds is 6. The van der Waals surface area contributed by atoms with Crippen molar-refractivity contribution in [3.8, 4) is 17.4 Å². The van der Waals surface area contributed by atoms with Crippen molar-refractivity contribution in [3.05, 3.63) is 40.7 Å². The maximum absolute atomic E-state index is 14.8. The number of aryl methyl sites for hydroxylation is 1. The maximum atomic E-state index is 14.8. The molecule has 0 spiro atoms. The van der Waals surface area contributed by atoms with Crippen LogP contribution in [0, 0.1) is 12.7 Å². The average molecular weight is 538 g/mol. The van der Waals surface area contributed by atoms with Crippen LogP contribution in [0.1, 0.15) is 23.2 Å². The molecule has 35 heavy (non-hydrogen) atoms. The van der Waals surface area contributed by atoms with Crippen molar-refractivity contribution in [1.29, 1.82) is 0 Å². The molecular weight excluding hydrogens is 522 g/mol. The van der Waals surface area contributed by atoms with Crippen LogP contribution < -0.4 is 14.8 Å². The van der Waals surface area contributed by atoms with Crippen LogP contribution >= 0.6 is 11.6 Å². The van der Waals surface area contributed by atoms with E-state index >= 15 is 0 Å². The Morgan fingerprint density at radius 2 is 1.97 bits per heavy atom. The van der Waals surface area contributed by atoms with Crippen molar-refractivity contribution < 1.29 is 40.2 Å². The lowest BCUT2D eigenvalue weighted by Gasteiger charge is -2.37. The summed E-state index contributed by atoms with van der Waals surface area (Å²) in [5.41, 5.74) is -1.20. The van der Waals surface area contributed by atoms with Gasteiger partial charge >= 0.3 is 6.18 Å². The molecular formula is C19H16ClF4N5O5S. The number of halogens is 5. The molecule has 16 heteroatoms. The average Bonchev–Trinajstić information content (AvgIpc) is 3.16. The topological polar surface area (TPSA) is 125 Å². The zero-order chi connectivity index (χ0) is 25.8. The minimum atomic E-state index is -4.64. The van der Waals surface area contributed by atoms with Crippen LogP contribution in [0.15, 0.2) is 18.3 Å². The van der Waals surface area contributed by atoms with Gasteiger partial charge in [-0.25, -0.2) is 22.3 Å². The first-order chi connectivity index (χ1) is 16.1. The number of hydrogen-bond donors (Lipinski definition) is 1. The van der Waals surface area contributed by atoms with Gasteiger partial charge in [0, 0.05) is 18.3 Å². The molecule has 1 aliphatic heterocycles. The van der Waals surface area contributed by atoms with Gasteiger partial charge in [0.2, 0.25) is 5.82 Å². The fraction of sp³-hybridized carbons (Fsp3) is 0.368. The Labute approximate surface area is 200 Å². The molecule has 1 N–H and O–H groups in total. The predicted octanol–water partition coefficient (Wildman–Crippen LogP) is 2.88. The van der Waals surface area contributed by atoms with Crippen molar-refractivity contribution in [2.24, 2.45) is 0 Å². The van der Waals surface area contributed by atoms with Crippen LogP contribution in [0.3, 0.4) is 0 Å². The Morgan fingerprint density at radius 3 is 2.60 bits per heavy atom. The third kappa shape index (κ3) is 5.40. The number of aromatic nitrogens is 4. The van der Waals surface area contributed by atoms with Crippen LogP contribution in [-0.4, -0.2) is 63.7 Å². The number of hydrogen-bond acceptors (Lipinski definition) is 8. The Morgan fingerprint density at radius 1 is 1.29 bits per heavy atom. The van der Waals surface area contributed by atoms with E-state index in [-0.39, 0.29) is 33.6 Å². The lowest BCUT2D eigenvalue weighted by atomic mass is 10.1. The highest BCUT2D eigenvalue weighted by molar-refractivity contribution is 7.93. The van der Waals surface area contributed by atoms with Crippen molar-refractivity contribution >= 4 is 33.0 Å². The van der Waals surface area contributed by atoms with E-state index in [9.17, 15) is 30.8 Å². The minimum Gasteiger partial charge on any atom is -0.478 e. The molecule has 4 rings (SSSR count). The molecule has 10 nitrogen and oxygen atoms in total. The largest absolute Gasteiger partial charge is 0.478 e. The van der Waals surface area contributed by atoms with Gasteiger partial charge in [0.15, 0.2) is 39.4 Å². The van der Waals surface area contributed by atoms with Gasteiger partial charge in [-0.1, -0.05) is 11.6 Å². The van der Waals surface area contributed by atoms with Crippen LogP contribution in [-0.2, 0) is 9.84 Å². The van der Waals surface area contributed by atoms with Gasteiger partial charge in [-0.3, -0.25) is 4.79 Å². The molecule has 0 atom stereocenters. The molecule has 3 aromatic heterocycles. The standard InChI is InChI=1S/C19H16ClF4N5O5S/c1-9-12(34-17-13(3-10(20)5-25-17)33-6-19(22,23)24)4-11(21)15-26-14(28-29(9)15)16(30)27-18(2)7-35(31,32)8-18/h3-5H,6-8H2,1-2H3,(H,27,30). The summed E-state index contributed by atoms with van der Waals surface area (Å²) in [6, 6.07) is 1.95. The van der Waals surface area contributed by atoms with E-state index in [0.29, 0.717) is 0 Å². The van der Waals surface area contributed by atoms with Gasteiger partial charge in [0.25, 0.3) is 11.8 Å². The van der Waals surface area contributed by atoms with Crippen LogP contribution in [0.4, 0.5) is 17.6 Å². The lowest BCUT2D eigenvalue weighted by molar-refractivity contribution is -0.153. The fourth-order valence-electron chi connectivity index (χ4n) is 3.47. The molecule has 0 aliphatic carbocycles. The molecule has 0 radical (unpaired) electrons. The number of sulfone groups is 1. The lowest BCUT2D eigenvalue weighted by Crippen LogP contribution is -2.63. The highest BCUT2D eigenvalue weighted by Crippen LogP contribution is 2.34. The molecule has 1 amide bonds.